The first-order valence-corrected chi connectivity index (χ1v) is 2.73. The number of carbonyl (C=O) groups is 1. The largest absolute Gasteiger partial charge is 0.482 e. The smallest absolute Gasteiger partial charge is 0.192 e. The molecule has 1 rings (SSSR count). The van der Waals surface area contributed by atoms with Crippen LogP contribution in [0.4, 0.5) is 0 Å². The summed E-state index contributed by atoms with van der Waals surface area (Å²) in [6.07, 6.45) is 1.50. The van der Waals surface area contributed by atoms with Crippen molar-refractivity contribution in [2.75, 3.05) is 20.7 Å². The minimum absolute atomic E-state index is 0.106. The molecule has 0 saturated carbocycles. The van der Waals surface area contributed by atoms with E-state index in [0.29, 0.717) is 12.4 Å². The van der Waals surface area contributed by atoms with E-state index in [4.69, 9.17) is 4.74 Å². The second kappa shape index (κ2) is 2.09. The molecule has 0 N–H and O–H groups in total. The van der Waals surface area contributed by atoms with Gasteiger partial charge in [-0.1, -0.05) is 0 Å². The Morgan fingerprint density at radius 1 is 1.78 bits per heavy atom. The zero-order valence-corrected chi connectivity index (χ0v) is 5.55. The molecule has 3 heteroatoms. The van der Waals surface area contributed by atoms with Gasteiger partial charge in [-0.2, -0.15) is 0 Å². The van der Waals surface area contributed by atoms with E-state index in [1.165, 1.54) is 6.08 Å². The van der Waals surface area contributed by atoms with Gasteiger partial charge in [0.05, 0.1) is 13.7 Å². The normalized spacial score (nSPS) is 18.2. The summed E-state index contributed by atoms with van der Waals surface area (Å²) in [6, 6.07) is 0. The summed E-state index contributed by atoms with van der Waals surface area (Å²) >= 11 is 0. The maximum atomic E-state index is 10.6. The summed E-state index contributed by atoms with van der Waals surface area (Å²) in [5.41, 5.74) is 0. The van der Waals surface area contributed by atoms with E-state index in [1.54, 1.807) is 12.0 Å². The molecule has 0 amide bonds. The lowest BCUT2D eigenvalue weighted by Crippen LogP contribution is -2.16. The lowest BCUT2D eigenvalue weighted by atomic mass is 10.4. The zero-order chi connectivity index (χ0) is 6.85. The molecule has 9 heavy (non-hydrogen) atoms. The van der Waals surface area contributed by atoms with Crippen molar-refractivity contribution in [1.29, 1.82) is 0 Å². The molecule has 0 fully saturated rings. The summed E-state index contributed by atoms with van der Waals surface area (Å²) in [5.74, 6) is 0.759. The van der Waals surface area contributed by atoms with Crippen LogP contribution in [0.5, 0.6) is 0 Å². The highest BCUT2D eigenvalue weighted by molar-refractivity contribution is 5.93. The highest BCUT2D eigenvalue weighted by Crippen LogP contribution is 2.08. The van der Waals surface area contributed by atoms with E-state index in [-0.39, 0.29) is 5.78 Å². The predicted octanol–water partition coefficient (Wildman–Crippen LogP) is -0.0113. The number of rotatable bonds is 1. The topological polar surface area (TPSA) is 29.5 Å². The zero-order valence-electron chi connectivity index (χ0n) is 5.55. The molecular weight excluding hydrogens is 118 g/mol. The summed E-state index contributed by atoms with van der Waals surface area (Å²) in [4.78, 5) is 12.4. The van der Waals surface area contributed by atoms with Crippen molar-refractivity contribution < 1.29 is 9.53 Å². The second-order valence-corrected chi connectivity index (χ2v) is 2.01. The van der Waals surface area contributed by atoms with Crippen LogP contribution in [-0.2, 0) is 9.53 Å². The molecule has 0 unspecified atom stereocenters. The SMILES string of the molecule is COC1=CC(=O)CN1C. The maximum Gasteiger partial charge on any atom is 0.192 e. The van der Waals surface area contributed by atoms with E-state index >= 15 is 0 Å². The Hall–Kier alpha value is -0.990. The van der Waals surface area contributed by atoms with Crippen molar-refractivity contribution >= 4 is 5.78 Å². The van der Waals surface area contributed by atoms with Gasteiger partial charge >= 0.3 is 0 Å². The molecule has 0 aliphatic carbocycles. The number of ether oxygens (including phenoxy) is 1. The molecule has 1 heterocycles. The van der Waals surface area contributed by atoms with Crippen LogP contribution in [-0.4, -0.2) is 31.4 Å². The highest BCUT2D eigenvalue weighted by atomic mass is 16.5. The quantitative estimate of drug-likeness (QED) is 0.496. The third kappa shape index (κ3) is 1.04. The summed E-state index contributed by atoms with van der Waals surface area (Å²) in [6.45, 7) is 0.448. The molecule has 3 nitrogen and oxygen atoms in total. The van der Waals surface area contributed by atoms with Crippen LogP contribution in [0.2, 0.25) is 0 Å². The van der Waals surface area contributed by atoms with Crippen LogP contribution in [0.1, 0.15) is 0 Å². The monoisotopic (exact) mass is 127 g/mol. The van der Waals surface area contributed by atoms with Gasteiger partial charge in [0.1, 0.15) is 0 Å². The minimum Gasteiger partial charge on any atom is -0.482 e. The molecule has 0 aromatic rings. The van der Waals surface area contributed by atoms with E-state index in [1.807, 2.05) is 7.05 Å². The number of likely N-dealkylation sites (N-methyl/N-ethyl adjacent to an activating group) is 1. The maximum absolute atomic E-state index is 10.6. The second-order valence-electron chi connectivity index (χ2n) is 2.01. The third-order valence-corrected chi connectivity index (χ3v) is 1.26. The fourth-order valence-corrected chi connectivity index (χ4v) is 0.820. The molecule has 0 atom stereocenters. The van der Waals surface area contributed by atoms with Crippen molar-refractivity contribution in [2.24, 2.45) is 0 Å². The van der Waals surface area contributed by atoms with Gasteiger partial charge in [-0.3, -0.25) is 4.79 Å². The standard InChI is InChI=1S/C6H9NO2/c1-7-4-5(8)3-6(7)9-2/h3H,4H2,1-2H3. The Morgan fingerprint density at radius 3 is 2.67 bits per heavy atom. The minimum atomic E-state index is 0.106. The molecule has 1 aliphatic rings. The van der Waals surface area contributed by atoms with Crippen LogP contribution in [0.15, 0.2) is 12.0 Å². The van der Waals surface area contributed by atoms with E-state index in [2.05, 4.69) is 0 Å². The van der Waals surface area contributed by atoms with Gasteiger partial charge < -0.3 is 9.64 Å². The number of hydrogen-bond acceptors (Lipinski definition) is 3. The van der Waals surface area contributed by atoms with Crippen LogP contribution in [0.3, 0.4) is 0 Å². The van der Waals surface area contributed by atoms with Crippen LogP contribution in [0.25, 0.3) is 0 Å². The first-order chi connectivity index (χ1) is 4.24. The third-order valence-electron chi connectivity index (χ3n) is 1.26. The van der Waals surface area contributed by atoms with E-state index in [9.17, 15) is 4.79 Å². The van der Waals surface area contributed by atoms with Crippen molar-refractivity contribution in [2.45, 2.75) is 0 Å². The lowest BCUT2D eigenvalue weighted by molar-refractivity contribution is -0.114. The number of methoxy groups -OCH3 is 1. The van der Waals surface area contributed by atoms with E-state index < -0.39 is 0 Å². The fraction of sp³-hybridized carbons (Fsp3) is 0.500. The van der Waals surface area contributed by atoms with Crippen molar-refractivity contribution in [3.05, 3.63) is 12.0 Å². The number of hydrogen-bond donors (Lipinski definition) is 0. The molecule has 1 aliphatic heterocycles. The van der Waals surface area contributed by atoms with Gasteiger partial charge in [-0.15, -0.1) is 0 Å². The van der Waals surface area contributed by atoms with Crippen molar-refractivity contribution in [3.63, 3.8) is 0 Å². The molecule has 0 spiro atoms. The Balaban J connectivity index is 2.68. The predicted molar refractivity (Wildman–Crippen MR) is 32.7 cm³/mol. The summed E-state index contributed by atoms with van der Waals surface area (Å²) in [7, 11) is 3.38. The number of ketones is 1. The average Bonchev–Trinajstić information content (AvgIpc) is 2.10. The van der Waals surface area contributed by atoms with Crippen molar-refractivity contribution in [1.82, 2.24) is 4.90 Å². The molecule has 0 aromatic heterocycles. The molecule has 0 aromatic carbocycles. The van der Waals surface area contributed by atoms with Gasteiger partial charge in [0, 0.05) is 13.1 Å². The highest BCUT2D eigenvalue weighted by Gasteiger charge is 2.16. The number of carbonyl (C=O) groups excluding carboxylic acids is 1. The number of nitrogens with zero attached hydrogens (tertiary/aromatic N) is 1. The Labute approximate surface area is 53.9 Å². The molecule has 0 saturated heterocycles. The molecule has 0 bridgehead atoms. The van der Waals surface area contributed by atoms with Crippen LogP contribution >= 0.6 is 0 Å². The average molecular weight is 127 g/mol. The fourth-order valence-electron chi connectivity index (χ4n) is 0.820. The Kier molecular flexibility index (Phi) is 1.42. The Morgan fingerprint density at radius 2 is 2.44 bits per heavy atom. The Bertz CT molecular complexity index is 162. The van der Waals surface area contributed by atoms with Crippen molar-refractivity contribution in [3.8, 4) is 0 Å². The molecule has 50 valence electrons. The van der Waals surface area contributed by atoms with Crippen LogP contribution in [0, 0.1) is 0 Å². The van der Waals surface area contributed by atoms with Gasteiger partial charge in [-0.05, 0) is 0 Å². The van der Waals surface area contributed by atoms with Gasteiger partial charge in [0.2, 0.25) is 0 Å². The van der Waals surface area contributed by atoms with Gasteiger partial charge in [0.25, 0.3) is 0 Å². The van der Waals surface area contributed by atoms with Gasteiger partial charge in [-0.25, -0.2) is 0 Å². The first-order valence-electron chi connectivity index (χ1n) is 2.73. The molecule has 0 radical (unpaired) electrons. The van der Waals surface area contributed by atoms with E-state index in [0.717, 1.165) is 0 Å². The first kappa shape index (κ1) is 6.13. The summed E-state index contributed by atoms with van der Waals surface area (Å²) in [5, 5.41) is 0. The van der Waals surface area contributed by atoms with Gasteiger partial charge in [0.15, 0.2) is 11.7 Å². The molecular formula is C6H9NO2. The lowest BCUT2D eigenvalue weighted by Gasteiger charge is -2.11. The van der Waals surface area contributed by atoms with Crippen LogP contribution < -0.4 is 0 Å². The summed E-state index contributed by atoms with van der Waals surface area (Å²) < 4.78 is 4.86.